The molecule has 1 aromatic carbocycles. The average Bonchev–Trinajstić information content (AvgIpc) is 3.12. The number of nitrogens with one attached hydrogen (secondary N) is 2. The number of halogens is 3. The minimum absolute atomic E-state index is 0. The summed E-state index contributed by atoms with van der Waals surface area (Å²) in [6.45, 7) is 4.35. The van der Waals surface area contributed by atoms with Crippen molar-refractivity contribution in [2.45, 2.75) is 38.3 Å². The third-order valence-corrected chi connectivity index (χ3v) is 4.53. The Balaban J connectivity index is 0.00000243. The normalized spacial score (nSPS) is 19.0. The Morgan fingerprint density at radius 3 is 2.96 bits per heavy atom. The van der Waals surface area contributed by atoms with Gasteiger partial charge in [-0.05, 0) is 38.0 Å². The molecule has 5 nitrogen and oxygen atoms in total. The molecule has 1 aromatic heterocycles. The lowest BCUT2D eigenvalue weighted by Crippen LogP contribution is -2.39. The van der Waals surface area contributed by atoms with E-state index in [1.165, 1.54) is 6.07 Å². The minimum atomic E-state index is -0.233. The summed E-state index contributed by atoms with van der Waals surface area (Å²) in [5.74, 6) is 0.632. The Kier molecular flexibility index (Phi) is 8.15. The van der Waals surface area contributed by atoms with Gasteiger partial charge in [0.05, 0.1) is 0 Å². The van der Waals surface area contributed by atoms with Crippen LogP contribution in [0.4, 0.5) is 4.39 Å². The van der Waals surface area contributed by atoms with Crippen molar-refractivity contribution >= 4 is 41.5 Å². The van der Waals surface area contributed by atoms with Crippen LogP contribution in [0.1, 0.15) is 31.2 Å². The number of aliphatic imine (C=N–C) groups is 1. The van der Waals surface area contributed by atoms with E-state index in [0.29, 0.717) is 17.1 Å². The fraction of sp³-hybridized carbons (Fsp3) is 0.444. The number of aryl methyl sites for hydroxylation is 1. The summed E-state index contributed by atoms with van der Waals surface area (Å²) in [4.78, 5) is 4.59. The first-order valence-corrected chi connectivity index (χ1v) is 9.03. The van der Waals surface area contributed by atoms with E-state index < -0.39 is 0 Å². The van der Waals surface area contributed by atoms with Crippen LogP contribution < -0.4 is 10.6 Å². The predicted molar refractivity (Wildman–Crippen MR) is 114 cm³/mol. The van der Waals surface area contributed by atoms with Crippen molar-refractivity contribution in [2.75, 3.05) is 13.1 Å². The molecule has 1 fully saturated rings. The summed E-state index contributed by atoms with van der Waals surface area (Å²) in [7, 11) is 0. The molecule has 1 aliphatic carbocycles. The molecule has 2 unspecified atom stereocenters. The summed E-state index contributed by atoms with van der Waals surface area (Å²) in [5.41, 5.74) is 0.608. The zero-order chi connectivity index (χ0) is 17.6. The van der Waals surface area contributed by atoms with Crippen molar-refractivity contribution < 1.29 is 4.39 Å². The Hall–Kier alpha value is -1.35. The van der Waals surface area contributed by atoms with Crippen molar-refractivity contribution in [3.8, 4) is 0 Å². The molecule has 2 aromatic rings. The van der Waals surface area contributed by atoms with Gasteiger partial charge in [0.25, 0.3) is 0 Å². The molecule has 0 spiro atoms. The molecule has 8 heteroatoms. The molecule has 2 atom stereocenters. The number of guanidine groups is 1. The first-order chi connectivity index (χ1) is 12.2. The van der Waals surface area contributed by atoms with E-state index in [1.54, 1.807) is 18.3 Å². The molecule has 0 amide bonds. The van der Waals surface area contributed by atoms with E-state index in [2.05, 4.69) is 20.7 Å². The summed E-state index contributed by atoms with van der Waals surface area (Å²) in [6.07, 6.45) is 5.49. The maximum Gasteiger partial charge on any atom is 0.191 e. The van der Waals surface area contributed by atoms with Crippen molar-refractivity contribution in [3.63, 3.8) is 0 Å². The predicted octanol–water partition coefficient (Wildman–Crippen LogP) is 3.79. The Labute approximate surface area is 175 Å². The Bertz CT molecular complexity index is 702. The molecule has 0 radical (unpaired) electrons. The molecule has 0 bridgehead atoms. The average molecular weight is 492 g/mol. The van der Waals surface area contributed by atoms with Crippen LogP contribution in [-0.2, 0) is 6.54 Å². The van der Waals surface area contributed by atoms with E-state index in [0.717, 1.165) is 31.9 Å². The molecule has 2 N–H and O–H groups in total. The second-order valence-electron chi connectivity index (χ2n) is 6.11. The van der Waals surface area contributed by atoms with E-state index in [-0.39, 0.29) is 41.8 Å². The van der Waals surface area contributed by atoms with Crippen LogP contribution in [0, 0.1) is 5.82 Å². The molecule has 1 aliphatic rings. The van der Waals surface area contributed by atoms with Gasteiger partial charge in [0.2, 0.25) is 0 Å². The van der Waals surface area contributed by atoms with Crippen LogP contribution in [0.5, 0.6) is 0 Å². The second kappa shape index (κ2) is 10.1. The van der Waals surface area contributed by atoms with Gasteiger partial charge in [-0.2, -0.15) is 5.10 Å². The fourth-order valence-corrected chi connectivity index (χ4v) is 3.19. The Morgan fingerprint density at radius 2 is 2.27 bits per heavy atom. The van der Waals surface area contributed by atoms with Crippen molar-refractivity contribution in [2.24, 2.45) is 4.99 Å². The summed E-state index contributed by atoms with van der Waals surface area (Å²) in [5, 5.41) is 11.3. The van der Waals surface area contributed by atoms with Crippen LogP contribution >= 0.6 is 35.6 Å². The smallest absolute Gasteiger partial charge is 0.191 e. The lowest BCUT2D eigenvalue weighted by Gasteiger charge is -2.12. The summed E-state index contributed by atoms with van der Waals surface area (Å²) in [6, 6.07) is 6.92. The highest BCUT2D eigenvalue weighted by Crippen LogP contribution is 2.44. The fourth-order valence-electron chi connectivity index (χ4n) is 2.89. The molecular weight excluding hydrogens is 468 g/mol. The first kappa shape index (κ1) is 21.0. The van der Waals surface area contributed by atoms with Crippen molar-refractivity contribution in [3.05, 3.63) is 53.1 Å². The third kappa shape index (κ3) is 5.57. The van der Waals surface area contributed by atoms with E-state index in [1.807, 2.05) is 23.9 Å². The van der Waals surface area contributed by atoms with Gasteiger partial charge in [-0.25, -0.2) is 4.39 Å². The van der Waals surface area contributed by atoms with Gasteiger partial charge in [0, 0.05) is 54.6 Å². The largest absolute Gasteiger partial charge is 0.357 e. The third-order valence-electron chi connectivity index (χ3n) is 4.20. The van der Waals surface area contributed by atoms with Gasteiger partial charge >= 0.3 is 0 Å². The highest BCUT2D eigenvalue weighted by molar-refractivity contribution is 14.0. The van der Waals surface area contributed by atoms with Crippen LogP contribution in [0.2, 0.25) is 5.02 Å². The van der Waals surface area contributed by atoms with Gasteiger partial charge in [0.1, 0.15) is 5.82 Å². The highest BCUT2D eigenvalue weighted by Gasteiger charge is 2.41. The van der Waals surface area contributed by atoms with Crippen LogP contribution in [0.15, 0.2) is 41.7 Å². The molecular formula is C18H24ClFIN5. The molecule has 3 rings (SSSR count). The molecule has 1 saturated carbocycles. The first-order valence-electron chi connectivity index (χ1n) is 8.65. The van der Waals surface area contributed by atoms with Crippen molar-refractivity contribution in [1.82, 2.24) is 20.4 Å². The van der Waals surface area contributed by atoms with Gasteiger partial charge in [0.15, 0.2) is 5.96 Å². The number of aromatic nitrogens is 2. The van der Waals surface area contributed by atoms with Gasteiger partial charge in [-0.15, -0.1) is 24.0 Å². The number of benzene rings is 1. The standard InChI is InChI=1S/C18H23ClFN5.HI/c1-2-21-18(22-8-4-10-25-11-5-9-23-25)24-16-12-13(16)17-14(19)6-3-7-15(17)20;/h3,5-7,9,11,13,16H,2,4,8,10,12H2,1H3,(H2,21,22,24);1H. The highest BCUT2D eigenvalue weighted by atomic mass is 127. The van der Waals surface area contributed by atoms with Gasteiger partial charge in [-0.1, -0.05) is 17.7 Å². The van der Waals surface area contributed by atoms with E-state index in [4.69, 9.17) is 11.6 Å². The van der Waals surface area contributed by atoms with Crippen LogP contribution in [-0.4, -0.2) is 34.9 Å². The zero-order valence-corrected chi connectivity index (χ0v) is 17.7. The zero-order valence-electron chi connectivity index (χ0n) is 14.7. The summed E-state index contributed by atoms with van der Waals surface area (Å²) >= 11 is 6.16. The summed E-state index contributed by atoms with van der Waals surface area (Å²) < 4.78 is 15.9. The second-order valence-corrected chi connectivity index (χ2v) is 6.52. The lowest BCUT2D eigenvalue weighted by molar-refractivity contribution is 0.583. The van der Waals surface area contributed by atoms with Crippen molar-refractivity contribution in [1.29, 1.82) is 0 Å². The lowest BCUT2D eigenvalue weighted by atomic mass is 10.1. The number of rotatable bonds is 7. The maximum atomic E-state index is 14.0. The van der Waals surface area contributed by atoms with Gasteiger partial charge in [-0.3, -0.25) is 9.67 Å². The minimum Gasteiger partial charge on any atom is -0.357 e. The maximum absolute atomic E-state index is 14.0. The number of hydrogen-bond donors (Lipinski definition) is 2. The monoisotopic (exact) mass is 491 g/mol. The number of hydrogen-bond acceptors (Lipinski definition) is 2. The molecule has 0 saturated heterocycles. The van der Waals surface area contributed by atoms with Crippen LogP contribution in [0.25, 0.3) is 0 Å². The topological polar surface area (TPSA) is 54.2 Å². The number of nitrogens with zero attached hydrogens (tertiary/aromatic N) is 3. The molecule has 26 heavy (non-hydrogen) atoms. The van der Waals surface area contributed by atoms with E-state index in [9.17, 15) is 4.39 Å². The SMILES string of the molecule is CCNC(=NCCCn1cccn1)NC1CC1c1c(F)cccc1Cl.I. The quantitative estimate of drug-likeness (QED) is 0.268. The molecule has 0 aliphatic heterocycles. The molecule has 142 valence electrons. The van der Waals surface area contributed by atoms with Crippen LogP contribution in [0.3, 0.4) is 0 Å². The van der Waals surface area contributed by atoms with E-state index >= 15 is 0 Å². The Morgan fingerprint density at radius 1 is 1.42 bits per heavy atom. The van der Waals surface area contributed by atoms with Gasteiger partial charge < -0.3 is 10.6 Å². The molecule has 1 heterocycles.